The van der Waals surface area contributed by atoms with E-state index in [2.05, 4.69) is 23.7 Å². The lowest BCUT2D eigenvalue weighted by molar-refractivity contribution is 0.100. The van der Waals surface area contributed by atoms with Crippen LogP contribution in [-0.2, 0) is 0 Å². The second-order valence-corrected chi connectivity index (χ2v) is 6.65. The van der Waals surface area contributed by atoms with Crippen LogP contribution in [-0.4, -0.2) is 21.8 Å². The summed E-state index contributed by atoms with van der Waals surface area (Å²) < 4.78 is 0. The molecule has 0 fully saturated rings. The molecule has 146 valence electrons. The van der Waals surface area contributed by atoms with Gasteiger partial charge in [-0.3, -0.25) is 9.59 Å². The van der Waals surface area contributed by atoms with Crippen LogP contribution in [0, 0.1) is 23.7 Å². The van der Waals surface area contributed by atoms with E-state index in [1.807, 2.05) is 24.3 Å². The van der Waals surface area contributed by atoms with Crippen molar-refractivity contribution in [3.8, 4) is 35.2 Å². The maximum Gasteiger partial charge on any atom is 0.163 e. The van der Waals surface area contributed by atoms with E-state index < -0.39 is 0 Å². The number of carbonyl (C=O) groups excluding carboxylic acids is 2. The van der Waals surface area contributed by atoms with Crippen LogP contribution in [0.5, 0.6) is 11.5 Å². The van der Waals surface area contributed by atoms with Crippen molar-refractivity contribution in [2.24, 2.45) is 0 Å². The largest absolute Gasteiger partial charge is 0.507 e. The first-order chi connectivity index (χ1) is 14.3. The number of aromatic hydroxyl groups is 2. The van der Waals surface area contributed by atoms with Gasteiger partial charge in [0.05, 0.1) is 11.1 Å². The van der Waals surface area contributed by atoms with Crippen LogP contribution >= 0.6 is 0 Å². The predicted molar refractivity (Wildman–Crippen MR) is 115 cm³/mol. The molecule has 30 heavy (non-hydrogen) atoms. The third kappa shape index (κ3) is 4.95. The van der Waals surface area contributed by atoms with Gasteiger partial charge in [0.1, 0.15) is 11.5 Å². The summed E-state index contributed by atoms with van der Waals surface area (Å²) in [6.07, 6.45) is 0. The number of benzene rings is 3. The van der Waals surface area contributed by atoms with E-state index in [4.69, 9.17) is 0 Å². The van der Waals surface area contributed by atoms with Crippen molar-refractivity contribution in [3.05, 3.63) is 94.0 Å². The Labute approximate surface area is 174 Å². The molecule has 3 aromatic rings. The summed E-state index contributed by atoms with van der Waals surface area (Å²) in [5, 5.41) is 19.4. The van der Waals surface area contributed by atoms with Gasteiger partial charge in [-0.05, 0) is 74.5 Å². The zero-order valence-electron chi connectivity index (χ0n) is 16.5. The fourth-order valence-electron chi connectivity index (χ4n) is 2.72. The SMILES string of the molecule is CC(=O)c1cc(C#Cc2ccc(C#Cc3ccc(O)c(C(C)=O)c3)cc2)ccc1O. The van der Waals surface area contributed by atoms with Crippen molar-refractivity contribution in [1.82, 2.24) is 0 Å². The van der Waals surface area contributed by atoms with Gasteiger partial charge in [-0.15, -0.1) is 0 Å². The first-order valence-electron chi connectivity index (χ1n) is 9.15. The maximum absolute atomic E-state index is 11.5. The molecule has 0 saturated carbocycles. The number of phenols is 2. The summed E-state index contributed by atoms with van der Waals surface area (Å²) >= 11 is 0. The molecule has 0 amide bonds. The number of phenolic OH excluding ortho intramolecular Hbond substituents is 2. The minimum Gasteiger partial charge on any atom is -0.507 e. The molecule has 0 heterocycles. The molecule has 0 aliphatic heterocycles. The first kappa shape index (κ1) is 20.5. The van der Waals surface area contributed by atoms with Gasteiger partial charge >= 0.3 is 0 Å². The van der Waals surface area contributed by atoms with Crippen LogP contribution in [0.4, 0.5) is 0 Å². The Kier molecular flexibility index (Phi) is 6.01. The summed E-state index contributed by atoms with van der Waals surface area (Å²) in [4.78, 5) is 23.0. The zero-order valence-corrected chi connectivity index (χ0v) is 16.5. The Morgan fingerprint density at radius 1 is 0.567 bits per heavy atom. The second-order valence-electron chi connectivity index (χ2n) is 6.65. The van der Waals surface area contributed by atoms with Crippen LogP contribution < -0.4 is 0 Å². The lowest BCUT2D eigenvalue weighted by Gasteiger charge is -2.00. The van der Waals surface area contributed by atoms with Crippen LogP contribution in [0.3, 0.4) is 0 Å². The monoisotopic (exact) mass is 394 g/mol. The average molecular weight is 394 g/mol. The number of Topliss-reactive ketones (excluding diaryl/α,β-unsaturated/α-hetero) is 2. The minimum atomic E-state index is -0.219. The van der Waals surface area contributed by atoms with Gasteiger partial charge in [-0.1, -0.05) is 23.7 Å². The van der Waals surface area contributed by atoms with Gasteiger partial charge in [0.25, 0.3) is 0 Å². The Bertz CT molecular complexity index is 1160. The third-order valence-corrected chi connectivity index (χ3v) is 4.34. The topological polar surface area (TPSA) is 74.6 Å². The lowest BCUT2D eigenvalue weighted by atomic mass is 10.1. The summed E-state index contributed by atoms with van der Waals surface area (Å²) in [5.41, 5.74) is 3.32. The van der Waals surface area contributed by atoms with Crippen LogP contribution in [0.1, 0.15) is 56.8 Å². The molecule has 0 saturated heterocycles. The summed E-state index contributed by atoms with van der Waals surface area (Å²) in [6, 6.07) is 16.7. The van der Waals surface area contributed by atoms with Gasteiger partial charge in [-0.25, -0.2) is 0 Å². The molecule has 3 rings (SSSR count). The van der Waals surface area contributed by atoms with E-state index in [1.54, 1.807) is 24.3 Å². The quantitative estimate of drug-likeness (QED) is 0.502. The molecular formula is C26H18O4. The fourth-order valence-corrected chi connectivity index (χ4v) is 2.72. The van der Waals surface area contributed by atoms with Crippen molar-refractivity contribution in [1.29, 1.82) is 0 Å². The average Bonchev–Trinajstić information content (AvgIpc) is 2.73. The standard InChI is InChI=1S/C26H18O4/c1-17(27)23-15-21(11-13-25(23)29)9-7-19-3-5-20(6-4-19)8-10-22-12-14-26(30)24(16-22)18(2)28/h3-6,11-16,29-30H,1-2H3. The lowest BCUT2D eigenvalue weighted by Crippen LogP contribution is -1.93. The number of hydrogen-bond donors (Lipinski definition) is 2. The van der Waals surface area contributed by atoms with E-state index in [0.29, 0.717) is 11.1 Å². The molecule has 4 nitrogen and oxygen atoms in total. The molecule has 0 radical (unpaired) electrons. The van der Waals surface area contributed by atoms with E-state index >= 15 is 0 Å². The molecule has 3 aromatic carbocycles. The highest BCUT2D eigenvalue weighted by atomic mass is 16.3. The molecule has 4 heteroatoms. The highest BCUT2D eigenvalue weighted by Crippen LogP contribution is 2.19. The van der Waals surface area contributed by atoms with Crippen LogP contribution in [0.25, 0.3) is 0 Å². The summed E-state index contributed by atoms with van der Waals surface area (Å²) in [7, 11) is 0. The van der Waals surface area contributed by atoms with Crippen molar-refractivity contribution >= 4 is 11.6 Å². The summed E-state index contributed by atoms with van der Waals surface area (Å²) in [5.74, 6) is 11.4. The Balaban J connectivity index is 1.78. The fraction of sp³-hybridized carbons (Fsp3) is 0.0769. The summed E-state index contributed by atoms with van der Waals surface area (Å²) in [6.45, 7) is 2.79. The van der Waals surface area contributed by atoms with Gasteiger partial charge < -0.3 is 10.2 Å². The Morgan fingerprint density at radius 2 is 0.867 bits per heavy atom. The third-order valence-electron chi connectivity index (χ3n) is 4.34. The molecule has 0 aromatic heterocycles. The van der Waals surface area contributed by atoms with Crippen LogP contribution in [0.15, 0.2) is 60.7 Å². The Morgan fingerprint density at radius 3 is 1.20 bits per heavy atom. The smallest absolute Gasteiger partial charge is 0.163 e. The number of carbonyl (C=O) groups is 2. The Hall–Kier alpha value is -4.28. The van der Waals surface area contributed by atoms with Crippen molar-refractivity contribution < 1.29 is 19.8 Å². The molecule has 0 atom stereocenters. The second kappa shape index (κ2) is 8.82. The highest BCUT2D eigenvalue weighted by molar-refractivity contribution is 5.97. The van der Waals surface area contributed by atoms with E-state index in [0.717, 1.165) is 11.1 Å². The van der Waals surface area contributed by atoms with Gasteiger partial charge in [-0.2, -0.15) is 0 Å². The highest BCUT2D eigenvalue weighted by Gasteiger charge is 2.07. The zero-order chi connectivity index (χ0) is 21.7. The van der Waals surface area contributed by atoms with Crippen molar-refractivity contribution in [2.75, 3.05) is 0 Å². The van der Waals surface area contributed by atoms with Crippen molar-refractivity contribution in [2.45, 2.75) is 13.8 Å². The number of hydrogen-bond acceptors (Lipinski definition) is 4. The van der Waals surface area contributed by atoms with Crippen molar-refractivity contribution in [3.63, 3.8) is 0 Å². The molecule has 2 N–H and O–H groups in total. The van der Waals surface area contributed by atoms with E-state index in [9.17, 15) is 19.8 Å². The van der Waals surface area contributed by atoms with Gasteiger partial charge in [0.2, 0.25) is 0 Å². The van der Waals surface area contributed by atoms with Gasteiger partial charge in [0.15, 0.2) is 11.6 Å². The first-order valence-corrected chi connectivity index (χ1v) is 9.15. The molecule has 0 aliphatic rings. The molecular weight excluding hydrogens is 376 g/mol. The van der Waals surface area contributed by atoms with Gasteiger partial charge in [0, 0.05) is 22.3 Å². The molecule has 0 aliphatic carbocycles. The normalized spacial score (nSPS) is 9.67. The maximum atomic E-state index is 11.5. The number of rotatable bonds is 2. The number of ketones is 2. The van der Waals surface area contributed by atoms with E-state index in [-0.39, 0.29) is 34.2 Å². The van der Waals surface area contributed by atoms with E-state index in [1.165, 1.54) is 26.0 Å². The minimum absolute atomic E-state index is 0.0555. The molecule has 0 spiro atoms. The predicted octanol–water partition coefficient (Wildman–Crippen LogP) is 4.30. The van der Waals surface area contributed by atoms with Crippen LogP contribution in [0.2, 0.25) is 0 Å². The molecule has 0 unspecified atom stereocenters. The molecule has 0 bridgehead atoms.